The third-order valence-electron chi connectivity index (χ3n) is 5.37. The second-order valence-electron chi connectivity index (χ2n) is 7.09. The Morgan fingerprint density at radius 3 is 1.35 bits per heavy atom. The average molecular weight is 276 g/mol. The Morgan fingerprint density at radius 1 is 0.650 bits per heavy atom. The van der Waals surface area contributed by atoms with Crippen molar-refractivity contribution in [2.75, 3.05) is 0 Å². The Labute approximate surface area is 125 Å². The van der Waals surface area contributed by atoms with Crippen LogP contribution in [-0.2, 0) is 0 Å². The number of aliphatic imine (C=N–C) groups is 2. The van der Waals surface area contributed by atoms with Crippen LogP contribution in [0.3, 0.4) is 0 Å². The summed E-state index contributed by atoms with van der Waals surface area (Å²) >= 11 is 0. The maximum absolute atomic E-state index is 4.99. The molecule has 2 saturated carbocycles. The average Bonchev–Trinajstić information content (AvgIpc) is 2.43. The smallest absolute Gasteiger partial charge is 0.0529 e. The molecule has 0 radical (unpaired) electrons. The minimum absolute atomic E-state index is 0.540. The zero-order valence-electron chi connectivity index (χ0n) is 13.9. The van der Waals surface area contributed by atoms with Crippen LogP contribution in [0.4, 0.5) is 0 Å². The first-order valence-electron chi connectivity index (χ1n) is 8.67. The predicted octanol–water partition coefficient (Wildman–Crippen LogP) is 5.07. The van der Waals surface area contributed by atoms with Gasteiger partial charge in [0.15, 0.2) is 0 Å². The molecule has 114 valence electrons. The van der Waals surface area contributed by atoms with E-state index in [4.69, 9.17) is 9.98 Å². The van der Waals surface area contributed by atoms with Gasteiger partial charge in [0.05, 0.1) is 23.5 Å². The van der Waals surface area contributed by atoms with Crippen molar-refractivity contribution in [2.45, 2.75) is 91.1 Å². The summed E-state index contributed by atoms with van der Waals surface area (Å²) in [7, 11) is 0. The third-order valence-corrected chi connectivity index (χ3v) is 5.37. The van der Waals surface area contributed by atoms with Crippen LogP contribution in [0.1, 0.15) is 79.1 Å². The van der Waals surface area contributed by atoms with E-state index in [1.165, 1.54) is 62.8 Å². The third kappa shape index (κ3) is 4.17. The Morgan fingerprint density at radius 2 is 1.00 bits per heavy atom. The van der Waals surface area contributed by atoms with Crippen molar-refractivity contribution in [2.24, 2.45) is 21.8 Å². The highest BCUT2D eigenvalue weighted by molar-refractivity contribution is 6.40. The molecule has 2 fully saturated rings. The van der Waals surface area contributed by atoms with E-state index < -0.39 is 0 Å². The molecule has 0 spiro atoms. The molecule has 0 aliphatic heterocycles. The van der Waals surface area contributed by atoms with E-state index in [0.29, 0.717) is 12.1 Å². The lowest BCUT2D eigenvalue weighted by molar-refractivity contribution is 0.331. The fourth-order valence-corrected chi connectivity index (χ4v) is 3.66. The van der Waals surface area contributed by atoms with Gasteiger partial charge in [0, 0.05) is 0 Å². The lowest BCUT2D eigenvalue weighted by atomic mass is 9.86. The van der Waals surface area contributed by atoms with E-state index in [2.05, 4.69) is 27.7 Å². The zero-order chi connectivity index (χ0) is 14.5. The Hall–Kier alpha value is -0.660. The summed E-state index contributed by atoms with van der Waals surface area (Å²) < 4.78 is 0. The number of hydrogen-bond acceptors (Lipinski definition) is 2. The SMILES string of the molecule is CC(=NC1CCCCC1C)C(C)=NC1CCCCC1C. The van der Waals surface area contributed by atoms with Gasteiger partial charge >= 0.3 is 0 Å². The van der Waals surface area contributed by atoms with Gasteiger partial charge in [-0.3, -0.25) is 9.98 Å². The molecular weight excluding hydrogens is 244 g/mol. The molecule has 0 N–H and O–H groups in total. The maximum Gasteiger partial charge on any atom is 0.0529 e. The fraction of sp³-hybridized carbons (Fsp3) is 0.889. The molecule has 2 heteroatoms. The highest BCUT2D eigenvalue weighted by Crippen LogP contribution is 2.28. The van der Waals surface area contributed by atoms with Crippen molar-refractivity contribution < 1.29 is 0 Å². The van der Waals surface area contributed by atoms with Crippen molar-refractivity contribution in [1.29, 1.82) is 0 Å². The molecule has 0 heterocycles. The molecule has 0 aromatic carbocycles. The molecule has 2 aliphatic carbocycles. The summed E-state index contributed by atoms with van der Waals surface area (Å²) in [4.78, 5) is 9.99. The first-order chi connectivity index (χ1) is 9.58. The van der Waals surface area contributed by atoms with E-state index in [0.717, 1.165) is 11.8 Å². The van der Waals surface area contributed by atoms with Crippen molar-refractivity contribution in [3.8, 4) is 0 Å². The van der Waals surface area contributed by atoms with Gasteiger partial charge in [-0.15, -0.1) is 0 Å². The first kappa shape index (κ1) is 15.7. The van der Waals surface area contributed by atoms with Crippen LogP contribution >= 0.6 is 0 Å². The quantitative estimate of drug-likeness (QED) is 0.643. The standard InChI is InChI=1S/C18H32N2/c1-13-9-5-7-11-17(13)19-15(3)16(4)20-18-12-8-6-10-14(18)2/h13-14,17-18H,5-12H2,1-4H3. The van der Waals surface area contributed by atoms with E-state index >= 15 is 0 Å². The second-order valence-corrected chi connectivity index (χ2v) is 7.09. The van der Waals surface area contributed by atoms with Crippen molar-refractivity contribution in [3.05, 3.63) is 0 Å². The van der Waals surface area contributed by atoms with Gasteiger partial charge in [-0.1, -0.05) is 39.5 Å². The van der Waals surface area contributed by atoms with Crippen LogP contribution in [0.25, 0.3) is 0 Å². The van der Waals surface area contributed by atoms with Crippen molar-refractivity contribution in [1.82, 2.24) is 0 Å². The molecule has 2 aliphatic rings. The van der Waals surface area contributed by atoms with Crippen LogP contribution in [0, 0.1) is 11.8 Å². The highest BCUT2D eigenvalue weighted by Gasteiger charge is 2.22. The summed E-state index contributed by atoms with van der Waals surface area (Å²) in [5, 5.41) is 0. The van der Waals surface area contributed by atoms with Crippen molar-refractivity contribution >= 4 is 11.4 Å². The minimum atomic E-state index is 0.540. The first-order valence-corrected chi connectivity index (χ1v) is 8.67. The second kappa shape index (κ2) is 7.38. The van der Waals surface area contributed by atoms with Crippen molar-refractivity contribution in [3.63, 3.8) is 0 Å². The van der Waals surface area contributed by atoms with Gasteiger partial charge in [0.25, 0.3) is 0 Å². The zero-order valence-corrected chi connectivity index (χ0v) is 13.9. The van der Waals surface area contributed by atoms with Gasteiger partial charge in [-0.25, -0.2) is 0 Å². The highest BCUT2D eigenvalue weighted by atomic mass is 14.9. The summed E-state index contributed by atoms with van der Waals surface area (Å²) in [6.07, 6.45) is 10.7. The Balaban J connectivity index is 2.00. The van der Waals surface area contributed by atoms with Crippen LogP contribution in [-0.4, -0.2) is 23.5 Å². The Kier molecular flexibility index (Phi) is 5.80. The Bertz CT molecular complexity index is 334. The van der Waals surface area contributed by atoms with Crippen LogP contribution in [0.2, 0.25) is 0 Å². The normalized spacial score (nSPS) is 37.0. The predicted molar refractivity (Wildman–Crippen MR) is 89.1 cm³/mol. The van der Waals surface area contributed by atoms with Crippen LogP contribution in [0.5, 0.6) is 0 Å². The molecule has 4 unspecified atom stereocenters. The summed E-state index contributed by atoms with van der Waals surface area (Å²) in [5.74, 6) is 1.50. The topological polar surface area (TPSA) is 24.7 Å². The summed E-state index contributed by atoms with van der Waals surface area (Å²) in [6, 6.07) is 1.08. The van der Waals surface area contributed by atoms with Gasteiger partial charge in [-0.2, -0.15) is 0 Å². The molecule has 0 bridgehead atoms. The van der Waals surface area contributed by atoms with E-state index in [1.54, 1.807) is 0 Å². The molecule has 20 heavy (non-hydrogen) atoms. The lowest BCUT2D eigenvalue weighted by Gasteiger charge is -2.27. The van der Waals surface area contributed by atoms with Gasteiger partial charge < -0.3 is 0 Å². The molecule has 0 aromatic heterocycles. The van der Waals surface area contributed by atoms with Gasteiger partial charge in [-0.05, 0) is 51.4 Å². The molecule has 0 aromatic rings. The summed E-state index contributed by atoms with van der Waals surface area (Å²) in [5.41, 5.74) is 2.36. The maximum atomic E-state index is 4.99. The van der Waals surface area contributed by atoms with Gasteiger partial charge in [0.2, 0.25) is 0 Å². The van der Waals surface area contributed by atoms with Crippen LogP contribution in [0.15, 0.2) is 9.98 Å². The summed E-state index contributed by atoms with van der Waals surface area (Å²) in [6.45, 7) is 9.04. The lowest BCUT2D eigenvalue weighted by Crippen LogP contribution is -2.25. The molecular formula is C18H32N2. The molecule has 2 nitrogen and oxygen atoms in total. The number of rotatable bonds is 3. The molecule has 2 rings (SSSR count). The van der Waals surface area contributed by atoms with E-state index in [9.17, 15) is 0 Å². The number of hydrogen-bond donors (Lipinski definition) is 0. The van der Waals surface area contributed by atoms with Crippen LogP contribution < -0.4 is 0 Å². The minimum Gasteiger partial charge on any atom is -0.285 e. The number of nitrogens with zero attached hydrogens (tertiary/aromatic N) is 2. The van der Waals surface area contributed by atoms with E-state index in [1.807, 2.05) is 0 Å². The molecule has 0 saturated heterocycles. The molecule has 4 atom stereocenters. The molecule has 0 amide bonds. The fourth-order valence-electron chi connectivity index (χ4n) is 3.66. The monoisotopic (exact) mass is 276 g/mol. The van der Waals surface area contributed by atoms with E-state index in [-0.39, 0.29) is 0 Å². The largest absolute Gasteiger partial charge is 0.285 e. The van der Waals surface area contributed by atoms with Gasteiger partial charge in [0.1, 0.15) is 0 Å².